The molecule has 1 atom stereocenters. The number of carbonyl (C=O) groups is 1. The van der Waals surface area contributed by atoms with Crippen molar-refractivity contribution < 1.29 is 22.7 Å². The summed E-state index contributed by atoms with van der Waals surface area (Å²) in [4.78, 5) is 13.6. The molecule has 0 fully saturated rings. The summed E-state index contributed by atoms with van der Waals surface area (Å²) in [6, 6.07) is 6.74. The van der Waals surface area contributed by atoms with Crippen LogP contribution < -0.4 is 4.74 Å². The van der Waals surface area contributed by atoms with Gasteiger partial charge in [0.1, 0.15) is 5.75 Å². The number of nitriles is 1. The second kappa shape index (κ2) is 6.97. The molecule has 0 bridgehead atoms. The van der Waals surface area contributed by atoms with Crippen LogP contribution >= 0.6 is 0 Å². The zero-order valence-corrected chi connectivity index (χ0v) is 11.6. The molecule has 4 nitrogen and oxygen atoms in total. The van der Waals surface area contributed by atoms with Gasteiger partial charge in [0.2, 0.25) is 0 Å². The maximum absolute atomic E-state index is 12.2. The Labute approximate surface area is 120 Å². The number of nitrogens with zero attached hydrogens (tertiary/aromatic N) is 2. The highest BCUT2D eigenvalue weighted by Crippen LogP contribution is 2.23. The summed E-state index contributed by atoms with van der Waals surface area (Å²) in [7, 11) is 0. The molecule has 0 heterocycles. The number of amides is 1. The Bertz CT molecular complexity index is 521. The molecule has 0 saturated carbocycles. The molecule has 0 saturated heterocycles. The Balaban J connectivity index is 2.80. The molecule has 1 aromatic carbocycles. The summed E-state index contributed by atoms with van der Waals surface area (Å²) in [5.74, 6) is -1.03. The van der Waals surface area contributed by atoms with Crippen molar-refractivity contribution in [1.82, 2.24) is 4.90 Å². The van der Waals surface area contributed by atoms with Crippen LogP contribution in [0.4, 0.5) is 13.2 Å². The van der Waals surface area contributed by atoms with Gasteiger partial charge in [-0.15, -0.1) is 13.2 Å². The Hall–Kier alpha value is -2.23. The van der Waals surface area contributed by atoms with Gasteiger partial charge in [0.25, 0.3) is 5.91 Å². The minimum atomic E-state index is -4.76. The standard InChI is InChI=1S/C14H15F3N2O2/c1-3-19(9-10(2)8-18)13(20)11-4-6-12(7-5-11)21-14(15,16)17/h4-7,10H,3,9H2,1-2H3/t10-/m0/s1. The van der Waals surface area contributed by atoms with Crippen LogP contribution in [0.5, 0.6) is 5.75 Å². The van der Waals surface area contributed by atoms with E-state index in [1.165, 1.54) is 17.0 Å². The van der Waals surface area contributed by atoms with Gasteiger partial charge in [-0.3, -0.25) is 4.79 Å². The maximum atomic E-state index is 12.2. The third kappa shape index (κ3) is 5.34. The maximum Gasteiger partial charge on any atom is 0.573 e. The van der Waals surface area contributed by atoms with Gasteiger partial charge in [-0.05, 0) is 38.1 Å². The minimum absolute atomic E-state index is 0.247. The highest BCUT2D eigenvalue weighted by atomic mass is 19.4. The fraction of sp³-hybridized carbons (Fsp3) is 0.429. The van der Waals surface area contributed by atoms with E-state index in [-0.39, 0.29) is 29.7 Å². The Morgan fingerprint density at radius 3 is 2.38 bits per heavy atom. The number of benzene rings is 1. The highest BCUT2D eigenvalue weighted by Gasteiger charge is 2.31. The highest BCUT2D eigenvalue weighted by molar-refractivity contribution is 5.94. The number of ether oxygens (including phenoxy) is 1. The van der Waals surface area contributed by atoms with E-state index in [1.54, 1.807) is 13.8 Å². The number of hydrogen-bond acceptors (Lipinski definition) is 3. The molecule has 0 spiro atoms. The summed E-state index contributed by atoms with van der Waals surface area (Å²) < 4.78 is 39.9. The average molecular weight is 300 g/mol. The van der Waals surface area contributed by atoms with E-state index in [4.69, 9.17) is 5.26 Å². The number of hydrogen-bond donors (Lipinski definition) is 0. The van der Waals surface area contributed by atoms with Crippen molar-refractivity contribution in [3.05, 3.63) is 29.8 Å². The summed E-state index contributed by atoms with van der Waals surface area (Å²) in [6.45, 7) is 4.14. The first kappa shape index (κ1) is 16.8. The summed E-state index contributed by atoms with van der Waals surface area (Å²) >= 11 is 0. The summed E-state index contributed by atoms with van der Waals surface area (Å²) in [5, 5.41) is 8.77. The van der Waals surface area contributed by atoms with Crippen molar-refractivity contribution in [2.24, 2.45) is 5.92 Å². The predicted molar refractivity (Wildman–Crippen MR) is 69.5 cm³/mol. The summed E-state index contributed by atoms with van der Waals surface area (Å²) in [5.41, 5.74) is 0.247. The van der Waals surface area contributed by atoms with Gasteiger partial charge in [-0.25, -0.2) is 0 Å². The molecule has 0 aliphatic carbocycles. The fourth-order valence-electron chi connectivity index (χ4n) is 1.71. The van der Waals surface area contributed by atoms with Crippen molar-refractivity contribution in [2.45, 2.75) is 20.2 Å². The van der Waals surface area contributed by atoms with Crippen molar-refractivity contribution in [2.75, 3.05) is 13.1 Å². The van der Waals surface area contributed by atoms with Crippen molar-refractivity contribution in [3.63, 3.8) is 0 Å². The molecule has 1 aromatic rings. The van der Waals surface area contributed by atoms with Crippen LogP contribution in [-0.4, -0.2) is 30.3 Å². The van der Waals surface area contributed by atoms with E-state index in [1.807, 2.05) is 6.07 Å². The van der Waals surface area contributed by atoms with Crippen LogP contribution in [-0.2, 0) is 0 Å². The summed E-state index contributed by atoms with van der Waals surface area (Å²) in [6.07, 6.45) is -4.76. The molecule has 0 aliphatic heterocycles. The van der Waals surface area contributed by atoms with E-state index >= 15 is 0 Å². The van der Waals surface area contributed by atoms with Gasteiger partial charge in [0, 0.05) is 18.7 Å². The monoisotopic (exact) mass is 300 g/mol. The largest absolute Gasteiger partial charge is 0.573 e. The quantitative estimate of drug-likeness (QED) is 0.839. The molecule has 21 heavy (non-hydrogen) atoms. The van der Waals surface area contributed by atoms with E-state index in [0.717, 1.165) is 12.1 Å². The first-order chi connectivity index (χ1) is 9.76. The van der Waals surface area contributed by atoms with Gasteiger partial charge in [-0.1, -0.05) is 0 Å². The lowest BCUT2D eigenvalue weighted by Crippen LogP contribution is -2.34. The molecule has 0 aromatic heterocycles. The van der Waals surface area contributed by atoms with Crippen LogP contribution in [0.2, 0.25) is 0 Å². The first-order valence-corrected chi connectivity index (χ1v) is 6.31. The molecular weight excluding hydrogens is 285 g/mol. The Kier molecular flexibility index (Phi) is 5.59. The molecule has 1 amide bonds. The first-order valence-electron chi connectivity index (χ1n) is 6.31. The topological polar surface area (TPSA) is 53.3 Å². The lowest BCUT2D eigenvalue weighted by Gasteiger charge is -2.22. The second-order valence-corrected chi connectivity index (χ2v) is 4.45. The van der Waals surface area contributed by atoms with E-state index < -0.39 is 6.36 Å². The molecule has 0 aliphatic rings. The molecule has 7 heteroatoms. The van der Waals surface area contributed by atoms with E-state index in [0.29, 0.717) is 6.54 Å². The van der Waals surface area contributed by atoms with Crippen molar-refractivity contribution in [1.29, 1.82) is 5.26 Å². The van der Waals surface area contributed by atoms with Crippen LogP contribution in [0.25, 0.3) is 0 Å². The molecule has 114 valence electrons. The number of rotatable bonds is 5. The van der Waals surface area contributed by atoms with Gasteiger partial charge >= 0.3 is 6.36 Å². The second-order valence-electron chi connectivity index (χ2n) is 4.45. The zero-order chi connectivity index (χ0) is 16.0. The molecule has 0 radical (unpaired) electrons. The van der Waals surface area contributed by atoms with E-state index in [9.17, 15) is 18.0 Å². The van der Waals surface area contributed by atoms with Gasteiger partial charge in [0.15, 0.2) is 0 Å². The van der Waals surface area contributed by atoms with Gasteiger partial charge in [0.05, 0.1) is 12.0 Å². The van der Waals surface area contributed by atoms with Gasteiger partial charge < -0.3 is 9.64 Å². The predicted octanol–water partition coefficient (Wildman–Crippen LogP) is 3.21. The van der Waals surface area contributed by atoms with Crippen molar-refractivity contribution in [3.8, 4) is 11.8 Å². The molecule has 1 rings (SSSR count). The normalized spacial score (nSPS) is 12.4. The minimum Gasteiger partial charge on any atom is -0.406 e. The fourth-order valence-corrected chi connectivity index (χ4v) is 1.71. The SMILES string of the molecule is CCN(C[C@@H](C)C#N)C(=O)c1ccc(OC(F)(F)F)cc1. The van der Waals surface area contributed by atoms with Gasteiger partial charge in [-0.2, -0.15) is 5.26 Å². The zero-order valence-electron chi connectivity index (χ0n) is 11.6. The lowest BCUT2D eigenvalue weighted by atomic mass is 10.1. The van der Waals surface area contributed by atoms with Crippen LogP contribution in [0.1, 0.15) is 24.2 Å². The van der Waals surface area contributed by atoms with Crippen LogP contribution in [0.15, 0.2) is 24.3 Å². The average Bonchev–Trinajstić information content (AvgIpc) is 2.42. The van der Waals surface area contributed by atoms with Crippen LogP contribution in [0.3, 0.4) is 0 Å². The van der Waals surface area contributed by atoms with Crippen LogP contribution in [0, 0.1) is 17.2 Å². The van der Waals surface area contributed by atoms with E-state index in [2.05, 4.69) is 4.74 Å². The smallest absolute Gasteiger partial charge is 0.406 e. The number of carbonyl (C=O) groups excluding carboxylic acids is 1. The number of alkyl halides is 3. The molecular formula is C14H15F3N2O2. The van der Waals surface area contributed by atoms with Crippen molar-refractivity contribution >= 4 is 5.91 Å². The third-order valence-electron chi connectivity index (χ3n) is 2.72. The molecule has 0 N–H and O–H groups in total. The Morgan fingerprint density at radius 1 is 1.38 bits per heavy atom. The third-order valence-corrected chi connectivity index (χ3v) is 2.72. The number of halogens is 3. The Morgan fingerprint density at radius 2 is 1.95 bits per heavy atom. The lowest BCUT2D eigenvalue weighted by molar-refractivity contribution is -0.274. The molecule has 0 unspecified atom stereocenters.